The monoisotopic (exact) mass is 487 g/mol. The van der Waals surface area contributed by atoms with Crippen LogP contribution >= 0.6 is 0 Å². The molecule has 0 fully saturated rings. The van der Waals surface area contributed by atoms with Crippen LogP contribution < -0.4 is 27.2 Å². The van der Waals surface area contributed by atoms with E-state index in [0.29, 0.717) is 11.5 Å². The van der Waals surface area contributed by atoms with E-state index in [1.807, 2.05) is 12.1 Å². The highest BCUT2D eigenvalue weighted by Gasteiger charge is 2.20. The first-order chi connectivity index (χ1) is 17.1. The van der Waals surface area contributed by atoms with Crippen molar-refractivity contribution in [3.8, 4) is 16.9 Å². The molecule has 36 heavy (non-hydrogen) atoms. The molecule has 0 heterocycles. The van der Waals surface area contributed by atoms with Gasteiger partial charge in [0.2, 0.25) is 5.96 Å². The molecule has 0 aliphatic heterocycles. The Morgan fingerprint density at radius 2 is 1.44 bits per heavy atom. The molecule has 7 nitrogen and oxygen atoms in total. The number of benzene rings is 3. The number of hydrazone groups is 1. The van der Waals surface area contributed by atoms with Gasteiger partial charge in [-0.3, -0.25) is 15.5 Å². The van der Waals surface area contributed by atoms with Crippen LogP contribution in [0.5, 0.6) is 5.75 Å². The van der Waals surface area contributed by atoms with Gasteiger partial charge in [-0.25, -0.2) is 5.84 Å². The van der Waals surface area contributed by atoms with Gasteiger partial charge in [0.1, 0.15) is 11.9 Å². The second-order valence-corrected chi connectivity index (χ2v) is 9.69. The molecule has 0 radical (unpaired) electrons. The summed E-state index contributed by atoms with van der Waals surface area (Å²) in [6.07, 6.45) is -0.177. The number of carbonyl (C=O) groups excluding carboxylic acids is 1. The minimum absolute atomic E-state index is 0.0162. The van der Waals surface area contributed by atoms with Gasteiger partial charge in [0.15, 0.2) is 0 Å². The fourth-order valence-corrected chi connectivity index (χ4v) is 4.33. The molecule has 0 saturated heterocycles. The Morgan fingerprint density at radius 3 is 1.92 bits per heavy atom. The van der Waals surface area contributed by atoms with E-state index < -0.39 is 0 Å². The summed E-state index contributed by atoms with van der Waals surface area (Å²) in [7, 11) is 0. The first-order valence-electron chi connectivity index (χ1n) is 12.2. The van der Waals surface area contributed by atoms with Crippen molar-refractivity contribution < 1.29 is 9.53 Å². The van der Waals surface area contributed by atoms with Crippen LogP contribution in [-0.2, 0) is 0 Å². The fourth-order valence-electron chi connectivity index (χ4n) is 4.33. The van der Waals surface area contributed by atoms with Crippen LogP contribution in [0, 0.1) is 19.8 Å². The van der Waals surface area contributed by atoms with Crippen LogP contribution in [0.3, 0.4) is 0 Å². The Labute approximate surface area is 213 Å². The maximum atomic E-state index is 12.4. The topological polar surface area (TPSA) is 115 Å². The van der Waals surface area contributed by atoms with E-state index in [-0.39, 0.29) is 23.9 Å². The smallest absolute Gasteiger partial charge is 0.258 e. The van der Waals surface area contributed by atoms with E-state index in [9.17, 15) is 4.79 Å². The number of aryl methyl sites for hydroxylation is 2. The molecule has 7 heteroatoms. The molecule has 3 aromatic rings. The Kier molecular flexibility index (Phi) is 8.72. The predicted molar refractivity (Wildman–Crippen MR) is 147 cm³/mol. The Bertz CT molecular complexity index is 1190. The van der Waals surface area contributed by atoms with Gasteiger partial charge >= 0.3 is 0 Å². The summed E-state index contributed by atoms with van der Waals surface area (Å²) in [5.41, 5.74) is 9.79. The van der Waals surface area contributed by atoms with Gasteiger partial charge in [-0.05, 0) is 83.3 Å². The molecule has 0 spiro atoms. The van der Waals surface area contributed by atoms with Gasteiger partial charge in [-0.2, -0.15) is 0 Å². The van der Waals surface area contributed by atoms with Crippen molar-refractivity contribution in [1.29, 1.82) is 0 Å². The van der Waals surface area contributed by atoms with E-state index in [1.165, 1.54) is 27.8 Å². The SMILES string of the molecule is Cc1cc(OC(c2ccc(C(=O)N/C(=N/N)NN)cc2)C(C)C)cc(C)c1-c1ccc(C(C)C)cc1. The average molecular weight is 488 g/mol. The van der Waals surface area contributed by atoms with Crippen molar-refractivity contribution in [3.63, 3.8) is 0 Å². The maximum Gasteiger partial charge on any atom is 0.258 e. The molecule has 3 rings (SSSR count). The van der Waals surface area contributed by atoms with E-state index in [0.717, 1.165) is 11.3 Å². The Balaban J connectivity index is 1.82. The number of hydrogen-bond acceptors (Lipinski definition) is 5. The number of rotatable bonds is 7. The number of amides is 1. The third kappa shape index (κ3) is 6.23. The predicted octanol–water partition coefficient (Wildman–Crippen LogP) is 5.29. The molecule has 0 bridgehead atoms. The number of hydrogen-bond donors (Lipinski definition) is 4. The lowest BCUT2D eigenvalue weighted by atomic mass is 9.93. The number of guanidine groups is 1. The van der Waals surface area contributed by atoms with E-state index >= 15 is 0 Å². The second-order valence-electron chi connectivity index (χ2n) is 9.69. The molecule has 1 atom stereocenters. The molecular weight excluding hydrogens is 450 g/mol. The van der Waals surface area contributed by atoms with Crippen molar-refractivity contribution >= 4 is 11.9 Å². The molecule has 1 unspecified atom stereocenters. The molecular formula is C29H37N5O2. The highest BCUT2D eigenvalue weighted by atomic mass is 16.5. The molecule has 6 N–H and O–H groups in total. The summed E-state index contributed by atoms with van der Waals surface area (Å²) in [5.74, 6) is 11.6. The van der Waals surface area contributed by atoms with Gasteiger partial charge in [-0.15, -0.1) is 5.10 Å². The third-order valence-electron chi connectivity index (χ3n) is 6.24. The number of ether oxygens (including phenoxy) is 1. The summed E-state index contributed by atoms with van der Waals surface area (Å²) < 4.78 is 6.50. The van der Waals surface area contributed by atoms with Crippen LogP contribution in [-0.4, -0.2) is 11.9 Å². The summed E-state index contributed by atoms with van der Waals surface area (Å²) in [6.45, 7) is 12.9. The van der Waals surface area contributed by atoms with Crippen LogP contribution in [0.2, 0.25) is 0 Å². The maximum absolute atomic E-state index is 12.4. The minimum atomic E-state index is -0.367. The van der Waals surface area contributed by atoms with E-state index in [4.69, 9.17) is 16.4 Å². The van der Waals surface area contributed by atoms with Gasteiger partial charge in [0.05, 0.1) is 0 Å². The Hall–Kier alpha value is -3.84. The largest absolute Gasteiger partial charge is 0.485 e. The Morgan fingerprint density at radius 1 is 0.889 bits per heavy atom. The zero-order chi connectivity index (χ0) is 26.4. The van der Waals surface area contributed by atoms with Crippen molar-refractivity contribution in [2.24, 2.45) is 22.7 Å². The van der Waals surface area contributed by atoms with E-state index in [1.54, 1.807) is 12.1 Å². The number of nitrogens with zero attached hydrogens (tertiary/aromatic N) is 1. The third-order valence-corrected chi connectivity index (χ3v) is 6.24. The van der Waals surface area contributed by atoms with Gasteiger partial charge < -0.3 is 10.6 Å². The number of nitrogens with one attached hydrogen (secondary N) is 2. The first-order valence-corrected chi connectivity index (χ1v) is 12.2. The van der Waals surface area contributed by atoms with Crippen molar-refractivity contribution in [2.75, 3.05) is 0 Å². The molecule has 0 aliphatic carbocycles. The molecule has 1 amide bonds. The second kappa shape index (κ2) is 11.7. The number of hydrazine groups is 1. The van der Waals surface area contributed by atoms with Gasteiger partial charge in [0, 0.05) is 5.56 Å². The fraction of sp³-hybridized carbons (Fsp3) is 0.310. The summed E-state index contributed by atoms with van der Waals surface area (Å²) >= 11 is 0. The summed E-state index contributed by atoms with van der Waals surface area (Å²) in [6, 6.07) is 20.3. The normalized spacial score (nSPS) is 12.5. The van der Waals surface area contributed by atoms with Crippen LogP contribution in [0.4, 0.5) is 0 Å². The zero-order valence-electron chi connectivity index (χ0n) is 21.9. The standard InChI is InChI=1S/C29H37N5O2/c1-17(2)21-7-9-22(10-8-21)26-19(5)15-25(16-20(26)6)36-27(18(3)4)23-11-13-24(14-12-23)28(35)32-29(33-30)34-31/h7-18,27H,30-31H2,1-6H3,(H2,32,33,34,35). The van der Waals surface area contributed by atoms with E-state index in [2.05, 4.69) is 93.8 Å². The lowest BCUT2D eigenvalue weighted by Crippen LogP contribution is -2.45. The average Bonchev–Trinajstić information content (AvgIpc) is 2.85. The summed E-state index contributed by atoms with van der Waals surface area (Å²) in [5, 5.41) is 5.87. The highest BCUT2D eigenvalue weighted by molar-refractivity contribution is 6.05. The van der Waals surface area contributed by atoms with Gasteiger partial charge in [-0.1, -0.05) is 64.1 Å². The summed E-state index contributed by atoms with van der Waals surface area (Å²) in [4.78, 5) is 12.4. The van der Waals surface area contributed by atoms with Crippen LogP contribution in [0.1, 0.15) is 72.3 Å². The van der Waals surface area contributed by atoms with Crippen LogP contribution in [0.15, 0.2) is 65.8 Å². The van der Waals surface area contributed by atoms with Crippen molar-refractivity contribution in [3.05, 3.63) is 88.5 Å². The van der Waals surface area contributed by atoms with Crippen molar-refractivity contribution in [2.45, 2.75) is 53.6 Å². The van der Waals surface area contributed by atoms with Crippen molar-refractivity contribution in [1.82, 2.24) is 10.7 Å². The minimum Gasteiger partial charge on any atom is -0.485 e. The molecule has 0 aliphatic rings. The number of nitrogens with two attached hydrogens (primary N) is 2. The first kappa shape index (κ1) is 26.8. The lowest BCUT2D eigenvalue weighted by Gasteiger charge is -2.24. The highest BCUT2D eigenvalue weighted by Crippen LogP contribution is 2.35. The number of carbonyl (C=O) groups is 1. The van der Waals surface area contributed by atoms with Crippen LogP contribution in [0.25, 0.3) is 11.1 Å². The quantitative estimate of drug-likeness (QED) is 0.156. The molecule has 0 saturated carbocycles. The molecule has 190 valence electrons. The molecule has 0 aromatic heterocycles. The lowest BCUT2D eigenvalue weighted by molar-refractivity contribution is 0.0975. The molecule has 3 aromatic carbocycles. The van der Waals surface area contributed by atoms with Gasteiger partial charge in [0.25, 0.3) is 5.91 Å². The zero-order valence-corrected chi connectivity index (χ0v) is 21.9.